The molecule has 2 aromatic heterocycles. The molecule has 6 aromatic rings. The van der Waals surface area contributed by atoms with E-state index in [0.29, 0.717) is 67.9 Å². The number of fused-ring (bicyclic) bond motifs is 2. The fraction of sp³-hybridized carbons (Fsp3) is 0.312. The van der Waals surface area contributed by atoms with Gasteiger partial charge in [0.15, 0.2) is 5.82 Å². The molecule has 5 heterocycles. The van der Waals surface area contributed by atoms with E-state index in [1.807, 2.05) is 36.5 Å². The molecule has 0 aliphatic carbocycles. The quantitative estimate of drug-likeness (QED) is 0.145. The van der Waals surface area contributed by atoms with Crippen molar-refractivity contribution in [1.29, 1.82) is 0 Å². The Morgan fingerprint density at radius 1 is 0.883 bits per heavy atom. The lowest BCUT2D eigenvalue weighted by Crippen LogP contribution is -2.39. The minimum absolute atomic E-state index is 0.00555. The van der Waals surface area contributed by atoms with Crippen molar-refractivity contribution in [2.45, 2.75) is 56.9 Å². The Kier molecular flexibility index (Phi) is 10.5. The van der Waals surface area contributed by atoms with Crippen LogP contribution in [0.5, 0.6) is 0 Å². The molecule has 306 valence electrons. The number of carbonyl (C=O) groups excluding carboxylic acids is 4. The van der Waals surface area contributed by atoms with Gasteiger partial charge in [-0.3, -0.25) is 29.2 Å². The Morgan fingerprint density at radius 3 is 2.42 bits per heavy atom. The van der Waals surface area contributed by atoms with Crippen LogP contribution in [0.25, 0.3) is 38.4 Å². The highest BCUT2D eigenvalue weighted by atomic mass is 19.1. The standard InChI is InChI=1S/C48H48FN7O4/c1-53(2)48(60)41-28-40-38(27-39(45(49)46(40)51-41)33-7-5-22-55(29-33)44(58)20-26-56-23-6-21-50-56)32-14-12-30(13-15-32)31-18-24-54(25-19-31)42-11-4-9-34-35(8-3-10-36(34)42)37-16-17-43(57)52-47(37)59/h3-4,6-15,21,23,27-28,31,37,51H,5,16-20,22,24-26,29H2,1-2H3,(H,52,57,59). The Morgan fingerprint density at radius 2 is 1.67 bits per heavy atom. The average Bonchev–Trinajstić information content (AvgIpc) is 3.97. The van der Waals surface area contributed by atoms with E-state index in [9.17, 15) is 19.2 Å². The summed E-state index contributed by atoms with van der Waals surface area (Å²) >= 11 is 0. The van der Waals surface area contributed by atoms with Crippen LogP contribution in [0, 0.1) is 5.82 Å². The average molecular weight is 806 g/mol. The number of halogens is 1. The predicted octanol–water partition coefficient (Wildman–Crippen LogP) is 7.64. The zero-order chi connectivity index (χ0) is 41.5. The van der Waals surface area contributed by atoms with Gasteiger partial charge in [-0.05, 0) is 89.1 Å². The molecular weight excluding hydrogens is 758 g/mol. The van der Waals surface area contributed by atoms with E-state index < -0.39 is 5.82 Å². The molecule has 11 nitrogen and oxygen atoms in total. The molecule has 0 radical (unpaired) electrons. The normalized spacial score (nSPS) is 17.6. The number of hydrogen-bond acceptors (Lipinski definition) is 6. The maximum Gasteiger partial charge on any atom is 0.269 e. The van der Waals surface area contributed by atoms with Crippen molar-refractivity contribution in [3.63, 3.8) is 0 Å². The van der Waals surface area contributed by atoms with Gasteiger partial charge in [0.25, 0.3) is 5.91 Å². The zero-order valence-electron chi connectivity index (χ0n) is 33.9. The molecule has 2 fully saturated rings. The van der Waals surface area contributed by atoms with Crippen LogP contribution in [0.2, 0.25) is 0 Å². The number of aromatic amines is 1. The Hall–Kier alpha value is -6.56. The van der Waals surface area contributed by atoms with Gasteiger partial charge in [-0.25, -0.2) is 4.39 Å². The van der Waals surface area contributed by atoms with Gasteiger partial charge in [-0.1, -0.05) is 60.7 Å². The predicted molar refractivity (Wildman–Crippen MR) is 231 cm³/mol. The molecule has 3 aliphatic rings. The van der Waals surface area contributed by atoms with E-state index in [0.717, 1.165) is 64.7 Å². The summed E-state index contributed by atoms with van der Waals surface area (Å²) in [6.45, 7) is 3.09. The van der Waals surface area contributed by atoms with E-state index in [2.05, 4.69) is 68.8 Å². The van der Waals surface area contributed by atoms with Crippen LogP contribution in [0.1, 0.15) is 77.5 Å². The van der Waals surface area contributed by atoms with E-state index in [4.69, 9.17) is 0 Å². The zero-order valence-corrected chi connectivity index (χ0v) is 33.9. The number of amides is 4. The summed E-state index contributed by atoms with van der Waals surface area (Å²) < 4.78 is 18.4. The number of aromatic nitrogens is 3. The molecule has 2 saturated heterocycles. The Bertz CT molecular complexity index is 2660. The van der Waals surface area contributed by atoms with E-state index >= 15 is 4.39 Å². The third kappa shape index (κ3) is 7.46. The number of carbonyl (C=O) groups is 4. The third-order valence-corrected chi connectivity index (χ3v) is 12.5. The van der Waals surface area contributed by atoms with Gasteiger partial charge in [0.2, 0.25) is 17.7 Å². The molecule has 60 heavy (non-hydrogen) atoms. The second-order valence-electron chi connectivity index (χ2n) is 16.4. The van der Waals surface area contributed by atoms with Crippen molar-refractivity contribution in [3.05, 3.63) is 126 Å². The fourth-order valence-electron chi connectivity index (χ4n) is 9.32. The lowest BCUT2D eigenvalue weighted by atomic mass is 9.86. The summed E-state index contributed by atoms with van der Waals surface area (Å²) in [5, 5.41) is 9.51. The number of piperidine rings is 2. The molecule has 4 aromatic carbocycles. The molecule has 9 rings (SSSR count). The maximum atomic E-state index is 16.6. The first-order valence-corrected chi connectivity index (χ1v) is 20.8. The Labute approximate surface area is 347 Å². The number of hydrogen-bond donors (Lipinski definition) is 2. The smallest absolute Gasteiger partial charge is 0.269 e. The number of benzene rings is 4. The molecule has 0 spiro atoms. The lowest BCUT2D eigenvalue weighted by Gasteiger charge is -2.35. The number of anilines is 1. The van der Waals surface area contributed by atoms with Crippen molar-refractivity contribution in [2.24, 2.45) is 0 Å². The number of imide groups is 1. The number of nitrogens with zero attached hydrogens (tertiary/aromatic N) is 5. The first kappa shape index (κ1) is 38.9. The lowest BCUT2D eigenvalue weighted by molar-refractivity contribution is -0.134. The monoisotopic (exact) mass is 805 g/mol. The van der Waals surface area contributed by atoms with Crippen LogP contribution in [0.4, 0.5) is 10.1 Å². The second kappa shape index (κ2) is 16.2. The van der Waals surface area contributed by atoms with Crippen molar-refractivity contribution in [3.8, 4) is 11.1 Å². The van der Waals surface area contributed by atoms with E-state index in [1.165, 1.54) is 10.5 Å². The molecule has 4 amide bonds. The number of nitrogens with one attached hydrogen (secondary N) is 2. The van der Waals surface area contributed by atoms with Crippen molar-refractivity contribution in [1.82, 2.24) is 29.9 Å². The number of rotatable bonds is 9. The van der Waals surface area contributed by atoms with Crippen LogP contribution < -0.4 is 10.2 Å². The van der Waals surface area contributed by atoms with E-state index in [1.54, 1.807) is 35.9 Å². The van der Waals surface area contributed by atoms with Crippen LogP contribution in [0.15, 0.2) is 97.3 Å². The SMILES string of the molecule is CN(C)C(=O)c1cc2c(-c3ccc(C4CCN(c5cccc6c(C7CCC(=O)NC7=O)cccc56)CC4)cc3)cc(C3=CCCN(C(=O)CCn4cccn4)C3)c(F)c2[nH]1. The van der Waals surface area contributed by atoms with Crippen molar-refractivity contribution >= 4 is 56.6 Å². The first-order chi connectivity index (χ1) is 29.1. The van der Waals surface area contributed by atoms with Gasteiger partial charge in [-0.15, -0.1) is 0 Å². The molecule has 3 aliphatic heterocycles. The highest BCUT2D eigenvalue weighted by molar-refractivity contribution is 6.06. The summed E-state index contributed by atoms with van der Waals surface area (Å²) in [5.74, 6) is -1.12. The summed E-state index contributed by atoms with van der Waals surface area (Å²) in [6.07, 6.45) is 9.24. The van der Waals surface area contributed by atoms with Crippen molar-refractivity contribution in [2.75, 3.05) is 45.2 Å². The van der Waals surface area contributed by atoms with Gasteiger partial charge in [0, 0.05) is 94.1 Å². The highest BCUT2D eigenvalue weighted by Gasteiger charge is 2.30. The maximum absolute atomic E-state index is 16.6. The fourth-order valence-corrected chi connectivity index (χ4v) is 9.32. The van der Waals surface area contributed by atoms with Crippen molar-refractivity contribution < 1.29 is 23.6 Å². The number of H-pyrrole nitrogens is 1. The van der Waals surface area contributed by atoms with Gasteiger partial charge in [0.1, 0.15) is 5.69 Å². The minimum atomic E-state index is -0.439. The molecule has 0 saturated carbocycles. The van der Waals surface area contributed by atoms with Gasteiger partial charge < -0.3 is 19.7 Å². The second-order valence-corrected chi connectivity index (χ2v) is 16.4. The van der Waals surface area contributed by atoms with Crippen LogP contribution in [-0.2, 0) is 20.9 Å². The topological polar surface area (TPSA) is 124 Å². The number of aryl methyl sites for hydroxylation is 1. The summed E-state index contributed by atoms with van der Waals surface area (Å²) in [4.78, 5) is 59.8. The molecule has 12 heteroatoms. The molecule has 2 N–H and O–H groups in total. The summed E-state index contributed by atoms with van der Waals surface area (Å²) in [6, 6.07) is 26.4. The van der Waals surface area contributed by atoms with Crippen LogP contribution in [-0.4, -0.2) is 88.5 Å². The van der Waals surface area contributed by atoms with E-state index in [-0.39, 0.29) is 35.1 Å². The molecule has 1 unspecified atom stereocenters. The van der Waals surface area contributed by atoms with Gasteiger partial charge in [-0.2, -0.15) is 5.10 Å². The molecular formula is C48H48FN7O4. The minimum Gasteiger partial charge on any atom is -0.371 e. The van der Waals surface area contributed by atoms with Crippen LogP contribution in [0.3, 0.4) is 0 Å². The highest BCUT2D eigenvalue weighted by Crippen LogP contribution is 2.40. The van der Waals surface area contributed by atoms with Gasteiger partial charge >= 0.3 is 0 Å². The first-order valence-electron chi connectivity index (χ1n) is 20.8. The third-order valence-electron chi connectivity index (χ3n) is 12.5. The summed E-state index contributed by atoms with van der Waals surface area (Å²) in [5.41, 5.74) is 6.82. The Balaban J connectivity index is 0.954. The molecule has 0 bridgehead atoms. The van der Waals surface area contributed by atoms with Gasteiger partial charge in [0.05, 0.1) is 11.4 Å². The summed E-state index contributed by atoms with van der Waals surface area (Å²) in [7, 11) is 3.35. The largest absolute Gasteiger partial charge is 0.371 e. The molecule has 1 atom stereocenters. The van der Waals surface area contributed by atoms with Crippen LogP contribution >= 0.6 is 0 Å².